The number of amides is 2. The second-order valence-corrected chi connectivity index (χ2v) is 5.35. The van der Waals surface area contributed by atoms with E-state index in [-0.39, 0.29) is 5.92 Å². The summed E-state index contributed by atoms with van der Waals surface area (Å²) < 4.78 is 0. The van der Waals surface area contributed by atoms with Gasteiger partial charge in [0, 0.05) is 4.90 Å². The zero-order valence-electron chi connectivity index (χ0n) is 11.8. The summed E-state index contributed by atoms with van der Waals surface area (Å²) in [5.74, 6) is -1.15. The molecule has 0 spiro atoms. The van der Waals surface area contributed by atoms with Crippen LogP contribution in [0.4, 0.5) is 10.5 Å². The summed E-state index contributed by atoms with van der Waals surface area (Å²) in [6.45, 7) is 3.69. The van der Waals surface area contributed by atoms with Gasteiger partial charge in [-0.25, -0.2) is 9.59 Å². The highest BCUT2D eigenvalue weighted by molar-refractivity contribution is 7.98. The van der Waals surface area contributed by atoms with Gasteiger partial charge < -0.3 is 15.7 Å². The standard InChI is InChI=1S/C14H20N2O3S/c1-4-9(2)12(13(17)18)16-14(19)15-10-7-5-6-8-11(10)20-3/h5-9,12H,4H2,1-3H3,(H,17,18)(H2,15,16,19). The van der Waals surface area contributed by atoms with Crippen molar-refractivity contribution in [3.8, 4) is 0 Å². The highest BCUT2D eigenvalue weighted by Gasteiger charge is 2.25. The fourth-order valence-corrected chi connectivity index (χ4v) is 2.28. The Morgan fingerprint density at radius 1 is 1.35 bits per heavy atom. The molecule has 0 saturated heterocycles. The molecule has 1 aromatic rings. The number of carboxylic acids is 1. The lowest BCUT2D eigenvalue weighted by molar-refractivity contribution is -0.140. The molecule has 1 rings (SSSR count). The lowest BCUT2D eigenvalue weighted by Crippen LogP contribution is -2.46. The van der Waals surface area contributed by atoms with Crippen molar-refractivity contribution in [2.24, 2.45) is 5.92 Å². The molecule has 20 heavy (non-hydrogen) atoms. The van der Waals surface area contributed by atoms with Crippen LogP contribution in [-0.4, -0.2) is 29.4 Å². The summed E-state index contributed by atoms with van der Waals surface area (Å²) in [7, 11) is 0. The van der Waals surface area contributed by atoms with E-state index in [4.69, 9.17) is 5.11 Å². The summed E-state index contributed by atoms with van der Waals surface area (Å²) in [6, 6.07) is 5.99. The van der Waals surface area contributed by atoms with Crippen LogP contribution in [0.5, 0.6) is 0 Å². The Balaban J connectivity index is 2.73. The van der Waals surface area contributed by atoms with Crippen molar-refractivity contribution in [1.82, 2.24) is 5.32 Å². The number of anilines is 1. The van der Waals surface area contributed by atoms with Crippen LogP contribution in [0.25, 0.3) is 0 Å². The van der Waals surface area contributed by atoms with Crippen LogP contribution >= 0.6 is 11.8 Å². The molecule has 6 heteroatoms. The minimum atomic E-state index is -1.02. The van der Waals surface area contributed by atoms with E-state index in [0.717, 1.165) is 4.90 Å². The fraction of sp³-hybridized carbons (Fsp3) is 0.429. The Labute approximate surface area is 123 Å². The maximum Gasteiger partial charge on any atom is 0.326 e. The maximum atomic E-state index is 11.9. The Morgan fingerprint density at radius 2 is 2.00 bits per heavy atom. The molecule has 110 valence electrons. The van der Waals surface area contributed by atoms with Crippen molar-refractivity contribution in [2.75, 3.05) is 11.6 Å². The molecular formula is C14H20N2O3S. The number of benzene rings is 1. The predicted octanol–water partition coefficient (Wildman–Crippen LogP) is 3.03. The summed E-state index contributed by atoms with van der Waals surface area (Å²) in [5, 5.41) is 14.3. The van der Waals surface area contributed by atoms with E-state index in [2.05, 4.69) is 10.6 Å². The normalized spacial score (nSPS) is 13.3. The zero-order valence-corrected chi connectivity index (χ0v) is 12.7. The number of carboxylic acid groups (broad SMARTS) is 1. The van der Waals surface area contributed by atoms with Crippen LogP contribution in [0.2, 0.25) is 0 Å². The number of hydrogen-bond acceptors (Lipinski definition) is 3. The van der Waals surface area contributed by atoms with Gasteiger partial charge in [0.2, 0.25) is 0 Å². The first kappa shape index (κ1) is 16.4. The van der Waals surface area contributed by atoms with Gasteiger partial charge in [-0.2, -0.15) is 0 Å². The zero-order chi connectivity index (χ0) is 15.1. The number of para-hydroxylation sites is 1. The van der Waals surface area contributed by atoms with Crippen molar-refractivity contribution in [3.05, 3.63) is 24.3 Å². The molecule has 0 heterocycles. The van der Waals surface area contributed by atoms with Crippen LogP contribution in [-0.2, 0) is 4.79 Å². The molecule has 0 bridgehead atoms. The second-order valence-electron chi connectivity index (χ2n) is 4.50. The van der Waals surface area contributed by atoms with E-state index in [1.54, 1.807) is 13.0 Å². The van der Waals surface area contributed by atoms with Gasteiger partial charge in [0.25, 0.3) is 0 Å². The molecule has 2 amide bonds. The topological polar surface area (TPSA) is 78.4 Å². The molecule has 0 aliphatic carbocycles. The molecule has 5 nitrogen and oxygen atoms in total. The van der Waals surface area contributed by atoms with Gasteiger partial charge in [-0.05, 0) is 24.3 Å². The summed E-state index contributed by atoms with van der Waals surface area (Å²) in [6.07, 6.45) is 2.59. The first-order chi connectivity index (χ1) is 9.49. The third kappa shape index (κ3) is 4.45. The van der Waals surface area contributed by atoms with Crippen LogP contribution in [0.15, 0.2) is 29.2 Å². The molecule has 1 aromatic carbocycles. The van der Waals surface area contributed by atoms with Crippen LogP contribution < -0.4 is 10.6 Å². The number of carbonyl (C=O) groups excluding carboxylic acids is 1. The number of nitrogens with one attached hydrogen (secondary N) is 2. The number of urea groups is 1. The molecule has 3 N–H and O–H groups in total. The number of rotatable bonds is 6. The molecule has 0 saturated carbocycles. The number of aliphatic carboxylic acids is 1. The van der Waals surface area contributed by atoms with E-state index >= 15 is 0 Å². The van der Waals surface area contributed by atoms with Gasteiger partial charge >= 0.3 is 12.0 Å². The van der Waals surface area contributed by atoms with Crippen molar-refractivity contribution >= 4 is 29.4 Å². The van der Waals surface area contributed by atoms with Gasteiger partial charge in [0.15, 0.2) is 0 Å². The molecular weight excluding hydrogens is 276 g/mol. The maximum absolute atomic E-state index is 11.9. The average Bonchev–Trinajstić information content (AvgIpc) is 2.44. The first-order valence-electron chi connectivity index (χ1n) is 6.42. The molecule has 2 atom stereocenters. The summed E-state index contributed by atoms with van der Waals surface area (Å²) in [4.78, 5) is 24.0. The quantitative estimate of drug-likeness (QED) is 0.705. The lowest BCUT2D eigenvalue weighted by Gasteiger charge is -2.20. The lowest BCUT2D eigenvalue weighted by atomic mass is 9.99. The van der Waals surface area contributed by atoms with Gasteiger partial charge in [-0.3, -0.25) is 0 Å². The van der Waals surface area contributed by atoms with Crippen molar-refractivity contribution in [2.45, 2.75) is 31.2 Å². The Hall–Kier alpha value is -1.69. The summed E-state index contributed by atoms with van der Waals surface area (Å²) in [5.41, 5.74) is 0.672. The SMILES string of the molecule is CCC(C)C(NC(=O)Nc1ccccc1SC)C(=O)O. The predicted molar refractivity (Wildman–Crippen MR) is 81.3 cm³/mol. The van der Waals surface area contributed by atoms with E-state index in [1.165, 1.54) is 11.8 Å². The largest absolute Gasteiger partial charge is 0.480 e. The van der Waals surface area contributed by atoms with Crippen LogP contribution in [0.1, 0.15) is 20.3 Å². The molecule has 0 aliphatic rings. The Bertz CT molecular complexity index is 479. The first-order valence-corrected chi connectivity index (χ1v) is 7.65. The third-order valence-electron chi connectivity index (χ3n) is 3.12. The molecule has 0 aliphatic heterocycles. The van der Waals surface area contributed by atoms with Crippen molar-refractivity contribution in [1.29, 1.82) is 0 Å². The fourth-order valence-electron chi connectivity index (χ4n) is 1.73. The Kier molecular flexibility index (Phi) is 6.38. The van der Waals surface area contributed by atoms with Crippen molar-refractivity contribution in [3.63, 3.8) is 0 Å². The molecule has 0 radical (unpaired) electrons. The van der Waals surface area contributed by atoms with E-state index in [9.17, 15) is 9.59 Å². The number of thioether (sulfide) groups is 1. The summed E-state index contributed by atoms with van der Waals surface area (Å²) >= 11 is 1.51. The smallest absolute Gasteiger partial charge is 0.326 e. The van der Waals surface area contributed by atoms with E-state index in [1.807, 2.05) is 31.4 Å². The van der Waals surface area contributed by atoms with Gasteiger partial charge in [0.05, 0.1) is 5.69 Å². The van der Waals surface area contributed by atoms with Crippen LogP contribution in [0.3, 0.4) is 0 Å². The van der Waals surface area contributed by atoms with Crippen molar-refractivity contribution < 1.29 is 14.7 Å². The van der Waals surface area contributed by atoms with Gasteiger partial charge in [0.1, 0.15) is 6.04 Å². The van der Waals surface area contributed by atoms with Gasteiger partial charge in [-0.15, -0.1) is 11.8 Å². The molecule has 0 fully saturated rings. The second kappa shape index (κ2) is 7.79. The number of hydrogen-bond donors (Lipinski definition) is 3. The number of carbonyl (C=O) groups is 2. The van der Waals surface area contributed by atoms with Crippen LogP contribution in [0, 0.1) is 5.92 Å². The average molecular weight is 296 g/mol. The molecule has 2 unspecified atom stereocenters. The minimum Gasteiger partial charge on any atom is -0.480 e. The Morgan fingerprint density at radius 3 is 2.55 bits per heavy atom. The molecule has 0 aromatic heterocycles. The highest BCUT2D eigenvalue weighted by atomic mass is 32.2. The van der Waals surface area contributed by atoms with E-state index in [0.29, 0.717) is 12.1 Å². The van der Waals surface area contributed by atoms with E-state index < -0.39 is 18.0 Å². The highest BCUT2D eigenvalue weighted by Crippen LogP contribution is 2.24. The monoisotopic (exact) mass is 296 g/mol. The minimum absolute atomic E-state index is 0.131. The van der Waals surface area contributed by atoms with Gasteiger partial charge in [-0.1, -0.05) is 32.4 Å². The third-order valence-corrected chi connectivity index (χ3v) is 3.92.